The molecule has 2 heterocycles. The molecule has 0 atom stereocenters. The number of carbonyl (C=O) groups is 1. The maximum atomic E-state index is 13.5. The molecule has 8 nitrogen and oxygen atoms in total. The third-order valence-electron chi connectivity index (χ3n) is 6.03. The largest absolute Gasteiger partial charge is 0.497 e. The summed E-state index contributed by atoms with van der Waals surface area (Å²) in [7, 11) is 1.57. The Kier molecular flexibility index (Phi) is 6.32. The van der Waals surface area contributed by atoms with Gasteiger partial charge in [0.25, 0.3) is 5.56 Å². The number of rotatable bonds is 7. The van der Waals surface area contributed by atoms with Crippen LogP contribution in [0.2, 0.25) is 0 Å². The van der Waals surface area contributed by atoms with Crippen LogP contribution in [0.25, 0.3) is 17.2 Å². The zero-order valence-corrected chi connectivity index (χ0v) is 20.0. The highest BCUT2D eigenvalue weighted by Crippen LogP contribution is 2.20. The number of ether oxygens (including phenoxy) is 1. The van der Waals surface area contributed by atoms with Crippen LogP contribution >= 0.6 is 0 Å². The van der Waals surface area contributed by atoms with Crippen molar-refractivity contribution in [2.75, 3.05) is 12.4 Å². The molecule has 0 radical (unpaired) electrons. The Morgan fingerprint density at radius 2 is 1.69 bits per heavy atom. The van der Waals surface area contributed by atoms with Crippen LogP contribution in [0.3, 0.4) is 0 Å². The van der Waals surface area contributed by atoms with Gasteiger partial charge in [-0.15, -0.1) is 5.10 Å². The van der Waals surface area contributed by atoms with Crippen molar-refractivity contribution in [3.63, 3.8) is 0 Å². The minimum Gasteiger partial charge on any atom is -0.497 e. The molecule has 180 valence electrons. The summed E-state index contributed by atoms with van der Waals surface area (Å²) < 4.78 is 8.29. The van der Waals surface area contributed by atoms with E-state index >= 15 is 0 Å². The lowest BCUT2D eigenvalue weighted by atomic mass is 10.0. The number of hydrogen-bond acceptors (Lipinski definition) is 5. The van der Waals surface area contributed by atoms with Gasteiger partial charge in [-0.1, -0.05) is 66.7 Å². The molecule has 0 aliphatic carbocycles. The number of anilines is 1. The molecule has 5 aromatic rings. The molecular formula is C28H25N5O3. The van der Waals surface area contributed by atoms with E-state index in [2.05, 4.69) is 15.4 Å². The summed E-state index contributed by atoms with van der Waals surface area (Å²) in [6.07, 6.45) is 0.416. The molecule has 2 aromatic heterocycles. The Morgan fingerprint density at radius 3 is 2.42 bits per heavy atom. The molecule has 0 saturated heterocycles. The molecule has 0 bridgehead atoms. The van der Waals surface area contributed by atoms with Gasteiger partial charge in [-0.05, 0) is 24.6 Å². The lowest BCUT2D eigenvalue weighted by molar-refractivity contribution is -0.116. The molecule has 0 aliphatic rings. The fourth-order valence-electron chi connectivity index (χ4n) is 4.16. The Bertz CT molecular complexity index is 1590. The lowest BCUT2D eigenvalue weighted by Gasteiger charge is -2.16. The molecule has 0 spiro atoms. The first kappa shape index (κ1) is 23.0. The molecule has 1 N–H and O–H groups in total. The molecule has 0 aliphatic heterocycles. The number of fused-ring (bicyclic) bond motifs is 1. The predicted octanol–water partition coefficient (Wildman–Crippen LogP) is 4.10. The Balaban J connectivity index is 1.59. The molecule has 0 saturated carbocycles. The number of benzene rings is 3. The Labute approximate surface area is 207 Å². The summed E-state index contributed by atoms with van der Waals surface area (Å²) in [4.78, 5) is 31.3. The molecule has 0 unspecified atom stereocenters. The maximum absolute atomic E-state index is 13.5. The van der Waals surface area contributed by atoms with Crippen molar-refractivity contribution in [2.24, 2.45) is 0 Å². The van der Waals surface area contributed by atoms with E-state index in [-0.39, 0.29) is 18.0 Å². The van der Waals surface area contributed by atoms with Gasteiger partial charge in [-0.3, -0.25) is 9.59 Å². The van der Waals surface area contributed by atoms with Gasteiger partial charge >= 0.3 is 0 Å². The zero-order chi connectivity index (χ0) is 25.1. The number of amides is 1. The molecule has 3 aromatic carbocycles. The quantitative estimate of drug-likeness (QED) is 0.380. The van der Waals surface area contributed by atoms with Gasteiger partial charge in [0.05, 0.1) is 7.11 Å². The third kappa shape index (κ3) is 4.61. The van der Waals surface area contributed by atoms with Crippen LogP contribution in [-0.2, 0) is 17.8 Å². The normalized spacial score (nSPS) is 10.9. The SMILES string of the molecule is COc1cccc(NC(=O)Cn2c(C)c(Cc3ccccc3)c(=O)n3nc(-c4ccccc4)nc23)c1. The van der Waals surface area contributed by atoms with Crippen molar-refractivity contribution < 1.29 is 9.53 Å². The van der Waals surface area contributed by atoms with Crippen LogP contribution in [0.5, 0.6) is 5.75 Å². The topological polar surface area (TPSA) is 90.5 Å². The van der Waals surface area contributed by atoms with E-state index in [0.717, 1.165) is 11.1 Å². The van der Waals surface area contributed by atoms with Gasteiger partial charge in [0.2, 0.25) is 11.7 Å². The van der Waals surface area contributed by atoms with Crippen molar-refractivity contribution in [1.82, 2.24) is 19.2 Å². The Hall–Kier alpha value is -4.72. The first-order valence-electron chi connectivity index (χ1n) is 11.6. The van der Waals surface area contributed by atoms with E-state index in [1.165, 1.54) is 4.52 Å². The fourth-order valence-corrected chi connectivity index (χ4v) is 4.16. The third-order valence-corrected chi connectivity index (χ3v) is 6.03. The molecule has 8 heteroatoms. The van der Waals surface area contributed by atoms with Crippen molar-refractivity contribution in [3.8, 4) is 17.1 Å². The van der Waals surface area contributed by atoms with Gasteiger partial charge in [0.1, 0.15) is 12.3 Å². The number of nitrogens with one attached hydrogen (secondary N) is 1. The van der Waals surface area contributed by atoms with Crippen LogP contribution in [-0.4, -0.2) is 32.2 Å². The van der Waals surface area contributed by atoms with E-state index in [1.807, 2.05) is 73.7 Å². The van der Waals surface area contributed by atoms with Crippen molar-refractivity contribution in [2.45, 2.75) is 19.9 Å². The summed E-state index contributed by atoms with van der Waals surface area (Å²) >= 11 is 0. The van der Waals surface area contributed by atoms with Gasteiger partial charge < -0.3 is 14.6 Å². The van der Waals surface area contributed by atoms with E-state index < -0.39 is 0 Å². The minimum atomic E-state index is -0.258. The molecule has 1 amide bonds. The number of hydrogen-bond donors (Lipinski definition) is 1. The van der Waals surface area contributed by atoms with Crippen LogP contribution < -0.4 is 15.6 Å². The van der Waals surface area contributed by atoms with Crippen LogP contribution in [0.1, 0.15) is 16.8 Å². The second-order valence-corrected chi connectivity index (χ2v) is 8.41. The van der Waals surface area contributed by atoms with E-state index in [0.29, 0.717) is 40.7 Å². The number of aromatic nitrogens is 4. The predicted molar refractivity (Wildman–Crippen MR) is 138 cm³/mol. The van der Waals surface area contributed by atoms with Gasteiger partial charge in [-0.2, -0.15) is 9.50 Å². The molecular weight excluding hydrogens is 454 g/mol. The Morgan fingerprint density at radius 1 is 0.972 bits per heavy atom. The van der Waals surface area contributed by atoms with E-state index in [9.17, 15) is 9.59 Å². The molecule has 0 fully saturated rings. The highest BCUT2D eigenvalue weighted by Gasteiger charge is 2.20. The monoisotopic (exact) mass is 479 g/mol. The fraction of sp³-hybridized carbons (Fsp3) is 0.143. The summed E-state index contributed by atoms with van der Waals surface area (Å²) in [5.41, 5.74) is 3.38. The number of carbonyl (C=O) groups excluding carboxylic acids is 1. The van der Waals surface area contributed by atoms with Crippen molar-refractivity contribution in [3.05, 3.63) is 112 Å². The average molecular weight is 480 g/mol. The van der Waals surface area contributed by atoms with Gasteiger partial charge in [-0.25, -0.2) is 0 Å². The van der Waals surface area contributed by atoms with Crippen LogP contribution in [0, 0.1) is 6.92 Å². The standard InChI is InChI=1S/C28H25N5O3/c1-19-24(16-20-10-5-3-6-11-20)27(35)33-28(30-26(31-33)21-12-7-4-8-13-21)32(19)18-25(34)29-22-14-9-15-23(17-22)36-2/h3-15,17H,16,18H2,1-2H3,(H,29,34). The van der Waals surface area contributed by atoms with E-state index in [4.69, 9.17) is 4.74 Å². The summed E-state index contributed by atoms with van der Waals surface area (Å²) in [6, 6.07) is 26.4. The smallest absolute Gasteiger partial charge is 0.279 e. The summed E-state index contributed by atoms with van der Waals surface area (Å²) in [5.74, 6) is 1.12. The number of methoxy groups -OCH3 is 1. The summed E-state index contributed by atoms with van der Waals surface area (Å²) in [5, 5.41) is 7.43. The summed E-state index contributed by atoms with van der Waals surface area (Å²) in [6.45, 7) is 1.80. The second kappa shape index (κ2) is 9.87. The average Bonchev–Trinajstić information content (AvgIpc) is 3.36. The maximum Gasteiger partial charge on any atom is 0.279 e. The number of nitrogens with zero attached hydrogens (tertiary/aromatic N) is 4. The highest BCUT2D eigenvalue weighted by atomic mass is 16.5. The second-order valence-electron chi connectivity index (χ2n) is 8.41. The van der Waals surface area contributed by atoms with Crippen molar-refractivity contribution >= 4 is 17.4 Å². The lowest BCUT2D eigenvalue weighted by Crippen LogP contribution is -2.29. The first-order valence-corrected chi connectivity index (χ1v) is 11.6. The van der Waals surface area contributed by atoms with E-state index in [1.54, 1.807) is 29.9 Å². The van der Waals surface area contributed by atoms with Gasteiger partial charge in [0.15, 0.2) is 5.82 Å². The molecule has 36 heavy (non-hydrogen) atoms. The molecule has 5 rings (SSSR count). The highest BCUT2D eigenvalue weighted by molar-refractivity contribution is 5.91. The van der Waals surface area contributed by atoms with Crippen LogP contribution in [0.15, 0.2) is 89.7 Å². The van der Waals surface area contributed by atoms with Crippen molar-refractivity contribution in [1.29, 1.82) is 0 Å². The first-order chi connectivity index (χ1) is 17.5. The zero-order valence-electron chi connectivity index (χ0n) is 20.0. The van der Waals surface area contributed by atoms with Crippen LogP contribution in [0.4, 0.5) is 5.69 Å². The van der Waals surface area contributed by atoms with Gasteiger partial charge in [0, 0.05) is 35.0 Å². The minimum absolute atomic E-state index is 0.0401.